The first-order chi connectivity index (χ1) is 5.74. The molecule has 0 aliphatic heterocycles. The monoisotopic (exact) mass is 163 g/mol. The van der Waals surface area contributed by atoms with E-state index in [1.54, 1.807) is 12.4 Å². The van der Waals surface area contributed by atoms with Gasteiger partial charge in [0.15, 0.2) is 0 Å². The van der Waals surface area contributed by atoms with Gasteiger partial charge in [-0.3, -0.25) is 4.79 Å². The zero-order chi connectivity index (χ0) is 8.97. The second-order valence-electron chi connectivity index (χ2n) is 2.26. The second-order valence-corrected chi connectivity index (χ2v) is 2.26. The van der Waals surface area contributed by atoms with Crippen LogP contribution in [0, 0.1) is 6.92 Å². The maximum Gasteiger partial charge on any atom is 0.292 e. The normalized spacial score (nSPS) is 9.08. The Morgan fingerprint density at radius 3 is 2.67 bits per heavy atom. The molecule has 0 aliphatic carbocycles. The second kappa shape index (κ2) is 3.61. The van der Waals surface area contributed by atoms with E-state index in [4.69, 9.17) is 0 Å². The van der Waals surface area contributed by atoms with Crippen molar-refractivity contribution >= 4 is 5.91 Å². The Kier molecular flexibility index (Phi) is 2.53. The molecule has 0 radical (unpaired) electrons. The van der Waals surface area contributed by atoms with Crippen molar-refractivity contribution in [1.82, 2.24) is 15.3 Å². The van der Waals surface area contributed by atoms with E-state index in [0.717, 1.165) is 5.56 Å². The predicted molar refractivity (Wildman–Crippen MR) is 44.4 cm³/mol. The summed E-state index contributed by atoms with van der Waals surface area (Å²) < 4.78 is 0. The van der Waals surface area contributed by atoms with Gasteiger partial charge in [-0.1, -0.05) is 6.58 Å². The van der Waals surface area contributed by atoms with E-state index in [1.807, 2.05) is 6.92 Å². The van der Waals surface area contributed by atoms with Gasteiger partial charge in [-0.15, -0.1) is 0 Å². The van der Waals surface area contributed by atoms with Crippen LogP contribution in [0.1, 0.15) is 16.2 Å². The molecule has 1 rings (SSSR count). The Balaban J connectivity index is 2.82. The van der Waals surface area contributed by atoms with E-state index >= 15 is 0 Å². The van der Waals surface area contributed by atoms with Crippen molar-refractivity contribution in [2.24, 2.45) is 0 Å². The van der Waals surface area contributed by atoms with Gasteiger partial charge in [-0.05, 0) is 18.7 Å². The Morgan fingerprint density at radius 2 is 2.17 bits per heavy atom. The molecule has 4 nitrogen and oxygen atoms in total. The molecule has 0 atom stereocenters. The van der Waals surface area contributed by atoms with Gasteiger partial charge < -0.3 is 5.32 Å². The first-order valence-electron chi connectivity index (χ1n) is 3.44. The van der Waals surface area contributed by atoms with E-state index in [2.05, 4.69) is 21.9 Å². The minimum atomic E-state index is -0.343. The van der Waals surface area contributed by atoms with Crippen LogP contribution in [-0.2, 0) is 0 Å². The van der Waals surface area contributed by atoms with Crippen LogP contribution < -0.4 is 5.32 Å². The Labute approximate surface area is 70.4 Å². The average Bonchev–Trinajstić information content (AvgIpc) is 2.06. The largest absolute Gasteiger partial charge is 0.326 e. The van der Waals surface area contributed by atoms with Crippen molar-refractivity contribution < 1.29 is 4.79 Å². The van der Waals surface area contributed by atoms with Crippen molar-refractivity contribution in [2.45, 2.75) is 6.92 Å². The van der Waals surface area contributed by atoms with Crippen molar-refractivity contribution in [3.63, 3.8) is 0 Å². The molecule has 1 N–H and O–H groups in total. The molecule has 12 heavy (non-hydrogen) atoms. The van der Waals surface area contributed by atoms with Gasteiger partial charge in [0, 0.05) is 12.4 Å². The number of amides is 1. The summed E-state index contributed by atoms with van der Waals surface area (Å²) in [5, 5.41) is 2.38. The maximum absolute atomic E-state index is 11.0. The van der Waals surface area contributed by atoms with E-state index in [9.17, 15) is 4.79 Å². The lowest BCUT2D eigenvalue weighted by atomic mass is 10.4. The molecule has 0 spiro atoms. The Bertz CT molecular complexity index is 292. The minimum Gasteiger partial charge on any atom is -0.326 e. The lowest BCUT2D eigenvalue weighted by Crippen LogP contribution is -2.19. The summed E-state index contributed by atoms with van der Waals surface area (Å²) in [6, 6.07) is 0. The average molecular weight is 163 g/mol. The predicted octanol–water partition coefficient (Wildman–Crippen LogP) is 0.658. The molecule has 0 bridgehead atoms. The third-order valence-electron chi connectivity index (χ3n) is 1.22. The highest BCUT2D eigenvalue weighted by Gasteiger charge is 2.04. The van der Waals surface area contributed by atoms with Gasteiger partial charge in [0.25, 0.3) is 5.91 Å². The van der Waals surface area contributed by atoms with Gasteiger partial charge in [0.1, 0.15) is 0 Å². The molecular formula is C8H9N3O. The van der Waals surface area contributed by atoms with Gasteiger partial charge in [0.05, 0.1) is 0 Å². The van der Waals surface area contributed by atoms with Crippen molar-refractivity contribution in [1.29, 1.82) is 0 Å². The molecule has 0 saturated heterocycles. The fraction of sp³-hybridized carbons (Fsp3) is 0.125. The van der Waals surface area contributed by atoms with Crippen LogP contribution in [0.25, 0.3) is 0 Å². The van der Waals surface area contributed by atoms with Crippen LogP contribution in [0.4, 0.5) is 0 Å². The summed E-state index contributed by atoms with van der Waals surface area (Å²) in [6.45, 7) is 5.21. The zero-order valence-corrected chi connectivity index (χ0v) is 6.74. The highest BCUT2D eigenvalue weighted by atomic mass is 16.2. The summed E-state index contributed by atoms with van der Waals surface area (Å²) in [4.78, 5) is 18.7. The number of rotatable bonds is 2. The van der Waals surface area contributed by atoms with Gasteiger partial charge in [0.2, 0.25) is 5.82 Å². The molecule has 0 fully saturated rings. The number of hydrogen-bond acceptors (Lipinski definition) is 3. The number of carbonyl (C=O) groups is 1. The van der Waals surface area contributed by atoms with Gasteiger partial charge in [-0.25, -0.2) is 9.97 Å². The SMILES string of the molecule is C=CNC(=O)c1ncc(C)cn1. The summed E-state index contributed by atoms with van der Waals surface area (Å²) in [6.07, 6.45) is 4.47. The number of carbonyl (C=O) groups excluding carboxylic acids is 1. The maximum atomic E-state index is 11.0. The van der Waals surface area contributed by atoms with Gasteiger partial charge in [-0.2, -0.15) is 0 Å². The Hall–Kier alpha value is -1.71. The van der Waals surface area contributed by atoms with Crippen LogP contribution in [0.2, 0.25) is 0 Å². The molecule has 1 heterocycles. The number of nitrogens with zero attached hydrogens (tertiary/aromatic N) is 2. The number of aromatic nitrogens is 2. The van der Waals surface area contributed by atoms with Crippen LogP contribution in [0.3, 0.4) is 0 Å². The number of nitrogens with one attached hydrogen (secondary N) is 1. The number of hydrogen-bond donors (Lipinski definition) is 1. The fourth-order valence-corrected chi connectivity index (χ4v) is 0.667. The molecular weight excluding hydrogens is 154 g/mol. The van der Waals surface area contributed by atoms with Crippen LogP contribution >= 0.6 is 0 Å². The van der Waals surface area contributed by atoms with Crippen LogP contribution in [0.15, 0.2) is 25.2 Å². The van der Waals surface area contributed by atoms with Crippen LogP contribution in [0.5, 0.6) is 0 Å². The molecule has 62 valence electrons. The zero-order valence-electron chi connectivity index (χ0n) is 6.74. The van der Waals surface area contributed by atoms with Gasteiger partial charge >= 0.3 is 0 Å². The van der Waals surface area contributed by atoms with E-state index in [0.29, 0.717) is 0 Å². The standard InChI is InChI=1S/C8H9N3O/c1-3-9-8(12)7-10-4-6(2)5-11-7/h3-5H,1H2,2H3,(H,9,12). The fourth-order valence-electron chi connectivity index (χ4n) is 0.667. The first-order valence-corrected chi connectivity index (χ1v) is 3.44. The highest BCUT2D eigenvalue weighted by Crippen LogP contribution is 1.92. The van der Waals surface area contributed by atoms with Crippen molar-refractivity contribution in [3.8, 4) is 0 Å². The van der Waals surface area contributed by atoms with Crippen LogP contribution in [-0.4, -0.2) is 15.9 Å². The molecule has 4 heteroatoms. The lowest BCUT2D eigenvalue weighted by molar-refractivity contribution is 0.0960. The third kappa shape index (κ3) is 1.88. The molecule has 0 aromatic carbocycles. The smallest absolute Gasteiger partial charge is 0.292 e. The molecule has 1 amide bonds. The molecule has 1 aromatic heterocycles. The van der Waals surface area contributed by atoms with E-state index in [-0.39, 0.29) is 11.7 Å². The summed E-state index contributed by atoms with van der Waals surface area (Å²) in [5.74, 6) is -0.189. The molecule has 1 aromatic rings. The molecule has 0 unspecified atom stereocenters. The topological polar surface area (TPSA) is 54.9 Å². The Morgan fingerprint density at radius 1 is 1.58 bits per heavy atom. The minimum absolute atomic E-state index is 0.153. The summed E-state index contributed by atoms with van der Waals surface area (Å²) >= 11 is 0. The molecule has 0 saturated carbocycles. The first kappa shape index (κ1) is 8.39. The summed E-state index contributed by atoms with van der Waals surface area (Å²) in [5.41, 5.74) is 0.921. The highest BCUT2D eigenvalue weighted by molar-refractivity contribution is 5.90. The molecule has 0 aliphatic rings. The number of aryl methyl sites for hydroxylation is 1. The quantitative estimate of drug-likeness (QED) is 0.696. The summed E-state index contributed by atoms with van der Waals surface area (Å²) in [7, 11) is 0. The third-order valence-corrected chi connectivity index (χ3v) is 1.22. The van der Waals surface area contributed by atoms with E-state index < -0.39 is 0 Å². The lowest BCUT2D eigenvalue weighted by Gasteiger charge is -1.97. The van der Waals surface area contributed by atoms with E-state index in [1.165, 1.54) is 6.20 Å². The van der Waals surface area contributed by atoms with Crippen molar-refractivity contribution in [3.05, 3.63) is 36.6 Å². The van der Waals surface area contributed by atoms with Crippen molar-refractivity contribution in [2.75, 3.05) is 0 Å².